The van der Waals surface area contributed by atoms with Crippen LogP contribution in [0.15, 0.2) is 41.1 Å². The number of piperidine rings is 1. The summed E-state index contributed by atoms with van der Waals surface area (Å²) in [5.41, 5.74) is 0.464. The summed E-state index contributed by atoms with van der Waals surface area (Å²) in [5, 5.41) is 5.79. The maximum Gasteiger partial charge on any atom is 0.273 e. The van der Waals surface area contributed by atoms with E-state index in [2.05, 4.69) is 15.1 Å². The second kappa shape index (κ2) is 7.21. The zero-order valence-corrected chi connectivity index (χ0v) is 14.6. The third kappa shape index (κ3) is 3.06. The number of ether oxygens (including phenoxy) is 1. The van der Waals surface area contributed by atoms with Crippen LogP contribution in [0.2, 0.25) is 0 Å². The van der Waals surface area contributed by atoms with Gasteiger partial charge in [-0.05, 0) is 30.7 Å². The molecule has 7 heteroatoms. The van der Waals surface area contributed by atoms with Crippen LogP contribution in [0.3, 0.4) is 0 Å². The SMILES string of the molecule is COCc1noc([C@@H]2CCCCN2C(=O)c2nccc3ccccc23)n1. The first-order valence-electron chi connectivity index (χ1n) is 8.74. The number of amides is 1. The Morgan fingerprint density at radius 1 is 1.31 bits per heavy atom. The van der Waals surface area contributed by atoms with Crippen molar-refractivity contribution in [3.63, 3.8) is 0 Å². The lowest BCUT2D eigenvalue weighted by atomic mass is 10.0. The Labute approximate surface area is 151 Å². The zero-order valence-electron chi connectivity index (χ0n) is 14.6. The summed E-state index contributed by atoms with van der Waals surface area (Å²) in [7, 11) is 1.58. The number of nitrogens with zero attached hydrogens (tertiary/aromatic N) is 4. The lowest BCUT2D eigenvalue weighted by Gasteiger charge is -2.33. The first kappa shape index (κ1) is 16.7. The van der Waals surface area contributed by atoms with E-state index < -0.39 is 0 Å². The monoisotopic (exact) mass is 352 g/mol. The van der Waals surface area contributed by atoms with Crippen molar-refractivity contribution in [2.75, 3.05) is 13.7 Å². The summed E-state index contributed by atoms with van der Waals surface area (Å²) in [5.74, 6) is 0.854. The number of methoxy groups -OCH3 is 1. The van der Waals surface area contributed by atoms with Crippen LogP contribution < -0.4 is 0 Å². The fraction of sp³-hybridized carbons (Fsp3) is 0.368. The Hall–Kier alpha value is -2.80. The first-order chi connectivity index (χ1) is 12.8. The van der Waals surface area contributed by atoms with Gasteiger partial charge in [-0.25, -0.2) is 0 Å². The van der Waals surface area contributed by atoms with Crippen LogP contribution >= 0.6 is 0 Å². The lowest BCUT2D eigenvalue weighted by Crippen LogP contribution is -2.39. The quantitative estimate of drug-likeness (QED) is 0.717. The van der Waals surface area contributed by atoms with Crippen LogP contribution in [0.1, 0.15) is 47.5 Å². The average Bonchev–Trinajstić information content (AvgIpc) is 3.16. The van der Waals surface area contributed by atoms with Crippen LogP contribution in [0.4, 0.5) is 0 Å². The molecule has 4 rings (SSSR count). The summed E-state index contributed by atoms with van der Waals surface area (Å²) in [6.07, 6.45) is 4.44. The molecule has 1 aliphatic heterocycles. The molecule has 1 amide bonds. The van der Waals surface area contributed by atoms with Crippen molar-refractivity contribution in [3.05, 3.63) is 53.9 Å². The minimum absolute atomic E-state index is 0.0991. The summed E-state index contributed by atoms with van der Waals surface area (Å²) in [6, 6.07) is 9.47. The van der Waals surface area contributed by atoms with E-state index in [0.29, 0.717) is 24.0 Å². The molecule has 26 heavy (non-hydrogen) atoms. The van der Waals surface area contributed by atoms with Gasteiger partial charge in [-0.2, -0.15) is 4.98 Å². The summed E-state index contributed by atoms with van der Waals surface area (Å²) >= 11 is 0. The molecule has 0 saturated carbocycles. The number of fused-ring (bicyclic) bond motifs is 1. The molecule has 0 bridgehead atoms. The number of benzene rings is 1. The molecule has 0 radical (unpaired) electrons. The number of rotatable bonds is 4. The number of hydrogen-bond acceptors (Lipinski definition) is 6. The number of carbonyl (C=O) groups is 1. The molecule has 1 saturated heterocycles. The van der Waals surface area contributed by atoms with Gasteiger partial charge in [0.2, 0.25) is 5.89 Å². The van der Waals surface area contributed by atoms with Crippen molar-refractivity contribution < 1.29 is 14.1 Å². The predicted molar refractivity (Wildman–Crippen MR) is 94.4 cm³/mol. The maximum atomic E-state index is 13.3. The van der Waals surface area contributed by atoms with Gasteiger partial charge < -0.3 is 14.2 Å². The molecule has 7 nitrogen and oxygen atoms in total. The van der Waals surface area contributed by atoms with E-state index in [9.17, 15) is 4.79 Å². The molecule has 0 N–H and O–H groups in total. The van der Waals surface area contributed by atoms with Gasteiger partial charge in [0.1, 0.15) is 18.3 Å². The molecule has 1 aromatic carbocycles. The normalized spacial score (nSPS) is 17.6. The van der Waals surface area contributed by atoms with Gasteiger partial charge in [0.05, 0.1) is 0 Å². The van der Waals surface area contributed by atoms with Gasteiger partial charge in [-0.15, -0.1) is 0 Å². The highest BCUT2D eigenvalue weighted by Crippen LogP contribution is 2.32. The molecule has 3 aromatic rings. The van der Waals surface area contributed by atoms with Crippen molar-refractivity contribution in [1.82, 2.24) is 20.0 Å². The van der Waals surface area contributed by atoms with E-state index in [0.717, 1.165) is 30.0 Å². The minimum atomic E-state index is -0.227. The van der Waals surface area contributed by atoms with Crippen LogP contribution in [-0.4, -0.2) is 39.6 Å². The number of likely N-dealkylation sites (tertiary alicyclic amines) is 1. The smallest absolute Gasteiger partial charge is 0.273 e. The van der Waals surface area contributed by atoms with Gasteiger partial charge in [0.15, 0.2) is 5.82 Å². The number of aromatic nitrogens is 3. The summed E-state index contributed by atoms with van der Waals surface area (Å²) < 4.78 is 10.4. The third-order valence-electron chi connectivity index (χ3n) is 4.68. The Balaban J connectivity index is 1.68. The molecule has 0 unspecified atom stereocenters. The van der Waals surface area contributed by atoms with Crippen molar-refractivity contribution in [1.29, 1.82) is 0 Å². The van der Waals surface area contributed by atoms with Crippen molar-refractivity contribution in [3.8, 4) is 0 Å². The first-order valence-corrected chi connectivity index (χ1v) is 8.74. The van der Waals surface area contributed by atoms with Crippen LogP contribution in [0.25, 0.3) is 10.8 Å². The van der Waals surface area contributed by atoms with E-state index in [1.807, 2.05) is 35.2 Å². The number of carbonyl (C=O) groups excluding carboxylic acids is 1. The van der Waals surface area contributed by atoms with Gasteiger partial charge >= 0.3 is 0 Å². The van der Waals surface area contributed by atoms with E-state index in [4.69, 9.17) is 9.26 Å². The second-order valence-electron chi connectivity index (χ2n) is 6.37. The van der Waals surface area contributed by atoms with Crippen LogP contribution in [0.5, 0.6) is 0 Å². The standard InChI is InChI=1S/C19H20N4O3/c1-25-12-16-21-18(26-22-16)15-8-4-5-11-23(15)19(24)17-14-7-3-2-6-13(14)9-10-20-17/h2-3,6-7,9-10,15H,4-5,8,11-12H2,1H3/t15-/m0/s1. The van der Waals surface area contributed by atoms with Crippen molar-refractivity contribution in [2.24, 2.45) is 0 Å². The van der Waals surface area contributed by atoms with E-state index in [-0.39, 0.29) is 18.6 Å². The summed E-state index contributed by atoms with van der Waals surface area (Å²) in [4.78, 5) is 23.8. The molecule has 2 aromatic heterocycles. The summed E-state index contributed by atoms with van der Waals surface area (Å²) in [6.45, 7) is 0.936. The highest BCUT2D eigenvalue weighted by Gasteiger charge is 2.33. The molecule has 134 valence electrons. The third-order valence-corrected chi connectivity index (χ3v) is 4.68. The Morgan fingerprint density at radius 3 is 3.08 bits per heavy atom. The highest BCUT2D eigenvalue weighted by molar-refractivity contribution is 6.05. The van der Waals surface area contributed by atoms with Crippen LogP contribution in [-0.2, 0) is 11.3 Å². The Kier molecular flexibility index (Phi) is 4.62. The predicted octanol–water partition coefficient (Wildman–Crippen LogP) is 3.13. The largest absolute Gasteiger partial charge is 0.377 e. The fourth-order valence-corrected chi connectivity index (χ4v) is 3.45. The van der Waals surface area contributed by atoms with E-state index in [1.165, 1.54) is 0 Å². The van der Waals surface area contributed by atoms with Gasteiger partial charge in [-0.3, -0.25) is 9.78 Å². The minimum Gasteiger partial charge on any atom is -0.377 e. The molecular weight excluding hydrogens is 332 g/mol. The fourth-order valence-electron chi connectivity index (χ4n) is 3.45. The molecule has 1 aliphatic rings. The number of hydrogen-bond donors (Lipinski definition) is 0. The van der Waals surface area contributed by atoms with Gasteiger partial charge in [0.25, 0.3) is 5.91 Å². The molecule has 3 heterocycles. The Bertz CT molecular complexity index is 919. The van der Waals surface area contributed by atoms with Gasteiger partial charge in [0, 0.05) is 25.2 Å². The topological polar surface area (TPSA) is 81.4 Å². The number of pyridine rings is 1. The van der Waals surface area contributed by atoms with Crippen molar-refractivity contribution >= 4 is 16.7 Å². The van der Waals surface area contributed by atoms with Gasteiger partial charge in [-0.1, -0.05) is 29.4 Å². The molecular formula is C19H20N4O3. The van der Waals surface area contributed by atoms with Crippen molar-refractivity contribution in [2.45, 2.75) is 31.9 Å². The molecule has 0 aliphatic carbocycles. The van der Waals surface area contributed by atoms with E-state index in [1.54, 1.807) is 13.3 Å². The highest BCUT2D eigenvalue weighted by atomic mass is 16.5. The van der Waals surface area contributed by atoms with E-state index >= 15 is 0 Å². The molecule has 1 fully saturated rings. The maximum absolute atomic E-state index is 13.3. The van der Waals surface area contributed by atoms with Crippen LogP contribution in [0, 0.1) is 0 Å². The lowest BCUT2D eigenvalue weighted by molar-refractivity contribution is 0.0557. The molecule has 0 spiro atoms. The Morgan fingerprint density at radius 2 is 2.19 bits per heavy atom. The second-order valence-corrected chi connectivity index (χ2v) is 6.37. The molecule has 1 atom stereocenters. The zero-order chi connectivity index (χ0) is 17.9. The average molecular weight is 352 g/mol.